The van der Waals surface area contributed by atoms with Crippen molar-refractivity contribution in [2.24, 2.45) is 5.73 Å². The molecule has 0 fully saturated rings. The molecule has 1 unspecified atom stereocenters. The summed E-state index contributed by atoms with van der Waals surface area (Å²) < 4.78 is 4.33. The number of aromatic nitrogens is 2. The van der Waals surface area contributed by atoms with Gasteiger partial charge in [-0.05, 0) is 17.2 Å². The Bertz CT molecular complexity index is 324. The van der Waals surface area contributed by atoms with Crippen molar-refractivity contribution in [3.8, 4) is 0 Å². The normalized spacial score (nSPS) is 12.5. The van der Waals surface area contributed by atoms with Crippen LogP contribution in [0.5, 0.6) is 0 Å². The van der Waals surface area contributed by atoms with E-state index >= 15 is 0 Å². The molecule has 0 aliphatic rings. The van der Waals surface area contributed by atoms with Gasteiger partial charge in [0.05, 0.1) is 0 Å². The number of rotatable bonds is 3. The third-order valence-electron chi connectivity index (χ3n) is 2.04. The maximum atomic E-state index is 11.7. The van der Waals surface area contributed by atoms with Gasteiger partial charge < -0.3 is 16.4 Å². The first-order valence-electron chi connectivity index (χ1n) is 4.13. The Labute approximate surface area is 81.0 Å². The third-order valence-corrected chi connectivity index (χ3v) is 2.04. The van der Waals surface area contributed by atoms with E-state index in [1.807, 2.05) is 6.92 Å². The lowest BCUT2D eigenvalue weighted by Crippen LogP contribution is -2.40. The van der Waals surface area contributed by atoms with Crippen LogP contribution in [-0.2, 0) is 0 Å². The summed E-state index contributed by atoms with van der Waals surface area (Å²) in [5.41, 5.74) is 10.8. The Hall–Kier alpha value is -1.63. The molecule has 4 N–H and O–H groups in total. The van der Waals surface area contributed by atoms with Crippen LogP contribution in [0.2, 0.25) is 0 Å². The lowest BCUT2D eigenvalue weighted by Gasteiger charge is -2.22. The highest BCUT2D eigenvalue weighted by atomic mass is 16.6. The molecule has 7 heteroatoms. The van der Waals surface area contributed by atoms with Crippen molar-refractivity contribution in [2.75, 3.05) is 19.3 Å². The molecule has 78 valence electrons. The number of carbonyl (C=O) groups is 1. The van der Waals surface area contributed by atoms with E-state index in [9.17, 15) is 4.79 Å². The Morgan fingerprint density at radius 1 is 1.64 bits per heavy atom. The lowest BCUT2D eigenvalue weighted by atomic mass is 10.2. The van der Waals surface area contributed by atoms with Gasteiger partial charge in [0, 0.05) is 19.6 Å². The van der Waals surface area contributed by atoms with E-state index in [1.165, 1.54) is 4.90 Å². The van der Waals surface area contributed by atoms with Crippen molar-refractivity contribution in [3.63, 3.8) is 0 Å². The molecule has 1 amide bonds. The molecule has 0 spiro atoms. The quantitative estimate of drug-likeness (QED) is 0.650. The molecule has 7 nitrogen and oxygen atoms in total. The van der Waals surface area contributed by atoms with Crippen molar-refractivity contribution in [3.05, 3.63) is 5.69 Å². The van der Waals surface area contributed by atoms with Crippen molar-refractivity contribution < 1.29 is 9.42 Å². The molecule has 1 atom stereocenters. The highest BCUT2D eigenvalue weighted by Crippen LogP contribution is 2.08. The van der Waals surface area contributed by atoms with E-state index in [4.69, 9.17) is 11.5 Å². The lowest BCUT2D eigenvalue weighted by molar-refractivity contribution is 0.0738. The number of hydrogen-bond acceptors (Lipinski definition) is 6. The van der Waals surface area contributed by atoms with Gasteiger partial charge in [-0.15, -0.1) is 0 Å². The molecule has 1 aromatic rings. The van der Waals surface area contributed by atoms with Gasteiger partial charge in [0.15, 0.2) is 0 Å². The highest BCUT2D eigenvalue weighted by Gasteiger charge is 2.22. The summed E-state index contributed by atoms with van der Waals surface area (Å²) in [5, 5.41) is 6.73. The molecule has 0 aromatic carbocycles. The second-order valence-electron chi connectivity index (χ2n) is 3.00. The molecule has 0 aliphatic heterocycles. The summed E-state index contributed by atoms with van der Waals surface area (Å²) in [7, 11) is 1.62. The minimum atomic E-state index is -0.346. The number of anilines is 1. The Morgan fingerprint density at radius 3 is 2.71 bits per heavy atom. The molecule has 0 saturated carbocycles. The molecular weight excluding hydrogens is 186 g/mol. The maximum absolute atomic E-state index is 11.7. The Kier molecular flexibility index (Phi) is 3.03. The van der Waals surface area contributed by atoms with Gasteiger partial charge in [-0.1, -0.05) is 0 Å². The van der Waals surface area contributed by atoms with Crippen molar-refractivity contribution in [1.29, 1.82) is 0 Å². The van der Waals surface area contributed by atoms with Gasteiger partial charge in [-0.2, -0.15) is 0 Å². The summed E-state index contributed by atoms with van der Waals surface area (Å²) in [6, 6.07) is -0.0846. The predicted molar refractivity (Wildman–Crippen MR) is 49.3 cm³/mol. The van der Waals surface area contributed by atoms with Crippen LogP contribution >= 0.6 is 0 Å². The molecule has 0 aliphatic carbocycles. The zero-order valence-corrected chi connectivity index (χ0v) is 8.10. The summed E-state index contributed by atoms with van der Waals surface area (Å²) in [4.78, 5) is 13.1. The van der Waals surface area contributed by atoms with E-state index in [1.54, 1.807) is 7.05 Å². The second-order valence-corrected chi connectivity index (χ2v) is 3.00. The topological polar surface area (TPSA) is 111 Å². The first kappa shape index (κ1) is 10.5. The van der Waals surface area contributed by atoms with Crippen molar-refractivity contribution in [1.82, 2.24) is 15.2 Å². The maximum Gasteiger partial charge on any atom is 0.280 e. The van der Waals surface area contributed by atoms with Crippen LogP contribution in [-0.4, -0.2) is 40.8 Å². The van der Waals surface area contributed by atoms with E-state index < -0.39 is 0 Å². The SMILES string of the molecule is CC(CN)N(C)C(=O)c1nonc1N. The summed E-state index contributed by atoms with van der Waals surface area (Å²) in [6.07, 6.45) is 0. The van der Waals surface area contributed by atoms with E-state index in [2.05, 4.69) is 14.9 Å². The van der Waals surface area contributed by atoms with Crippen LogP contribution in [0.3, 0.4) is 0 Å². The number of hydrogen-bond donors (Lipinski definition) is 2. The minimum Gasteiger partial charge on any atom is -0.379 e. The van der Waals surface area contributed by atoms with Gasteiger partial charge in [-0.25, -0.2) is 4.63 Å². The zero-order valence-electron chi connectivity index (χ0n) is 8.10. The zero-order chi connectivity index (χ0) is 10.7. The molecule has 14 heavy (non-hydrogen) atoms. The summed E-state index contributed by atoms with van der Waals surface area (Å²) in [6.45, 7) is 2.19. The van der Waals surface area contributed by atoms with Crippen molar-refractivity contribution in [2.45, 2.75) is 13.0 Å². The number of carbonyl (C=O) groups excluding carboxylic acids is 1. The van der Waals surface area contributed by atoms with Gasteiger partial charge >= 0.3 is 0 Å². The first-order chi connectivity index (χ1) is 6.57. The van der Waals surface area contributed by atoms with Crippen molar-refractivity contribution >= 4 is 11.7 Å². The number of amides is 1. The second kappa shape index (κ2) is 4.05. The van der Waals surface area contributed by atoms with Crippen LogP contribution in [0.1, 0.15) is 17.4 Å². The monoisotopic (exact) mass is 199 g/mol. The van der Waals surface area contributed by atoms with Gasteiger partial charge in [0.2, 0.25) is 11.5 Å². The summed E-state index contributed by atoms with van der Waals surface area (Å²) in [5.74, 6) is -0.354. The van der Waals surface area contributed by atoms with Crippen LogP contribution in [0.15, 0.2) is 4.63 Å². The average molecular weight is 199 g/mol. The van der Waals surface area contributed by atoms with E-state index in [0.29, 0.717) is 6.54 Å². The van der Waals surface area contributed by atoms with Gasteiger partial charge in [0.25, 0.3) is 5.91 Å². The third kappa shape index (κ3) is 1.82. The fourth-order valence-corrected chi connectivity index (χ4v) is 0.869. The number of likely N-dealkylation sites (N-methyl/N-ethyl adjacent to an activating group) is 1. The highest BCUT2D eigenvalue weighted by molar-refractivity contribution is 5.96. The molecular formula is C7H13N5O2. The number of nitrogens with two attached hydrogens (primary N) is 2. The fourth-order valence-electron chi connectivity index (χ4n) is 0.869. The van der Waals surface area contributed by atoms with E-state index in [0.717, 1.165) is 0 Å². The summed E-state index contributed by atoms with van der Waals surface area (Å²) >= 11 is 0. The van der Waals surface area contributed by atoms with Crippen LogP contribution < -0.4 is 11.5 Å². The van der Waals surface area contributed by atoms with Gasteiger partial charge in [0.1, 0.15) is 0 Å². The fraction of sp³-hybridized carbons (Fsp3) is 0.571. The predicted octanol–water partition coefficient (Wildman–Crippen LogP) is -0.929. The standard InChI is InChI=1S/C7H13N5O2/c1-4(3-8)12(2)7(13)5-6(9)11-14-10-5/h4H,3,8H2,1-2H3,(H2,9,11). The van der Waals surface area contributed by atoms with Gasteiger partial charge in [-0.3, -0.25) is 4.79 Å². The largest absolute Gasteiger partial charge is 0.379 e. The molecule has 1 heterocycles. The van der Waals surface area contributed by atoms with Crippen LogP contribution in [0, 0.1) is 0 Å². The van der Waals surface area contributed by atoms with Crippen LogP contribution in [0.4, 0.5) is 5.82 Å². The minimum absolute atomic E-state index is 0.00827. The first-order valence-corrected chi connectivity index (χ1v) is 4.13. The average Bonchev–Trinajstić information content (AvgIpc) is 2.61. The smallest absolute Gasteiger partial charge is 0.280 e. The van der Waals surface area contributed by atoms with E-state index in [-0.39, 0.29) is 23.5 Å². The Balaban J connectivity index is 2.81. The molecule has 0 bridgehead atoms. The van der Waals surface area contributed by atoms with Crippen LogP contribution in [0.25, 0.3) is 0 Å². The molecule has 1 rings (SSSR count). The number of nitrogen functional groups attached to an aromatic ring is 1. The molecule has 0 radical (unpaired) electrons. The number of nitrogens with zero attached hydrogens (tertiary/aromatic N) is 3. The molecule has 1 aromatic heterocycles. The Morgan fingerprint density at radius 2 is 2.29 bits per heavy atom. The molecule has 0 saturated heterocycles.